The van der Waals surface area contributed by atoms with Crippen LogP contribution in [0.1, 0.15) is 23.8 Å². The molecule has 1 heterocycles. The Hall–Kier alpha value is -1.89. The first-order valence-electron chi connectivity index (χ1n) is 4.87. The Balaban J connectivity index is 2.50. The Kier molecular flexibility index (Phi) is 4.01. The lowest BCUT2D eigenvalue weighted by molar-refractivity contribution is -0.384. The predicted molar refractivity (Wildman–Crippen MR) is 58.0 cm³/mol. The molecule has 16 heavy (non-hydrogen) atoms. The molecular formula is C9H14N4O3. The summed E-state index contributed by atoms with van der Waals surface area (Å²) in [4.78, 5) is 23.8. The fraction of sp³-hybridized carbons (Fsp3) is 0.444. The molecule has 1 atom stereocenters. The molecule has 0 saturated heterocycles. The van der Waals surface area contributed by atoms with E-state index in [1.165, 1.54) is 12.3 Å². The first kappa shape index (κ1) is 12.2. The van der Waals surface area contributed by atoms with E-state index in [2.05, 4.69) is 10.3 Å². The molecule has 0 bridgehead atoms. The van der Waals surface area contributed by atoms with Gasteiger partial charge in [-0.2, -0.15) is 0 Å². The van der Waals surface area contributed by atoms with Crippen molar-refractivity contribution in [2.24, 2.45) is 5.73 Å². The summed E-state index contributed by atoms with van der Waals surface area (Å²) in [6.45, 7) is 2.29. The molecule has 0 spiro atoms. The third-order valence-electron chi connectivity index (χ3n) is 2.01. The molecular weight excluding hydrogens is 212 g/mol. The van der Waals surface area contributed by atoms with Gasteiger partial charge in [-0.1, -0.05) is 0 Å². The number of hydrogen-bond donors (Lipinski definition) is 3. The van der Waals surface area contributed by atoms with Gasteiger partial charge in [-0.05, 0) is 13.3 Å². The average Bonchev–Trinajstić information content (AvgIpc) is 2.65. The molecule has 1 amide bonds. The maximum Gasteiger partial charge on any atom is 0.287 e. The van der Waals surface area contributed by atoms with Gasteiger partial charge in [-0.3, -0.25) is 14.9 Å². The second kappa shape index (κ2) is 5.26. The van der Waals surface area contributed by atoms with E-state index >= 15 is 0 Å². The van der Waals surface area contributed by atoms with Gasteiger partial charge in [0, 0.05) is 18.7 Å². The van der Waals surface area contributed by atoms with Gasteiger partial charge in [-0.25, -0.2) is 0 Å². The van der Waals surface area contributed by atoms with Crippen LogP contribution in [0.15, 0.2) is 12.3 Å². The standard InChI is InChI=1S/C9H14N4O3/c1-6(10)2-3-11-9(14)8-4-7(5-12-8)13(15)16/h4-6,12H,2-3,10H2,1H3,(H,11,14). The minimum absolute atomic E-state index is 0.0123. The van der Waals surface area contributed by atoms with Gasteiger partial charge in [-0.15, -0.1) is 0 Å². The molecule has 1 aromatic rings. The van der Waals surface area contributed by atoms with Crippen molar-refractivity contribution in [1.29, 1.82) is 0 Å². The van der Waals surface area contributed by atoms with Crippen LogP contribution in [0.5, 0.6) is 0 Å². The van der Waals surface area contributed by atoms with Crippen LogP contribution < -0.4 is 11.1 Å². The van der Waals surface area contributed by atoms with Crippen LogP contribution in [0.3, 0.4) is 0 Å². The van der Waals surface area contributed by atoms with Crippen molar-refractivity contribution in [3.05, 3.63) is 28.1 Å². The molecule has 88 valence electrons. The highest BCUT2D eigenvalue weighted by Gasteiger charge is 2.13. The SMILES string of the molecule is CC(N)CCNC(=O)c1cc([N+](=O)[O-])c[nH]1. The summed E-state index contributed by atoms with van der Waals surface area (Å²) >= 11 is 0. The van der Waals surface area contributed by atoms with E-state index in [-0.39, 0.29) is 23.3 Å². The second-order valence-electron chi connectivity index (χ2n) is 3.55. The number of hydrogen-bond acceptors (Lipinski definition) is 4. The van der Waals surface area contributed by atoms with E-state index in [0.717, 1.165) is 0 Å². The van der Waals surface area contributed by atoms with Crippen molar-refractivity contribution in [3.8, 4) is 0 Å². The average molecular weight is 226 g/mol. The number of nitro groups is 1. The Morgan fingerprint density at radius 2 is 2.44 bits per heavy atom. The van der Waals surface area contributed by atoms with Crippen LogP contribution in [0.4, 0.5) is 5.69 Å². The number of nitrogens with zero attached hydrogens (tertiary/aromatic N) is 1. The van der Waals surface area contributed by atoms with Gasteiger partial charge >= 0.3 is 0 Å². The van der Waals surface area contributed by atoms with Gasteiger partial charge in [0.2, 0.25) is 0 Å². The fourth-order valence-electron chi connectivity index (χ4n) is 1.13. The monoisotopic (exact) mass is 226 g/mol. The van der Waals surface area contributed by atoms with E-state index in [1.54, 1.807) is 0 Å². The third kappa shape index (κ3) is 3.35. The van der Waals surface area contributed by atoms with Crippen LogP contribution in [-0.4, -0.2) is 28.4 Å². The van der Waals surface area contributed by atoms with E-state index in [1.807, 2.05) is 6.92 Å². The largest absolute Gasteiger partial charge is 0.351 e. The quantitative estimate of drug-likeness (QED) is 0.497. The summed E-state index contributed by atoms with van der Waals surface area (Å²) in [5, 5.41) is 13.0. The maximum atomic E-state index is 11.5. The first-order chi connectivity index (χ1) is 7.50. The number of carbonyl (C=O) groups is 1. The van der Waals surface area contributed by atoms with Crippen LogP contribution in [0.25, 0.3) is 0 Å². The number of rotatable bonds is 5. The van der Waals surface area contributed by atoms with Crippen LogP contribution in [0, 0.1) is 10.1 Å². The number of amides is 1. The number of nitrogens with two attached hydrogens (primary N) is 1. The van der Waals surface area contributed by atoms with E-state index in [0.29, 0.717) is 13.0 Å². The molecule has 0 aliphatic rings. The van der Waals surface area contributed by atoms with Crippen molar-refractivity contribution < 1.29 is 9.72 Å². The van der Waals surface area contributed by atoms with Crippen molar-refractivity contribution in [2.75, 3.05) is 6.54 Å². The van der Waals surface area contributed by atoms with Crippen LogP contribution in [0.2, 0.25) is 0 Å². The van der Waals surface area contributed by atoms with Crippen LogP contribution in [-0.2, 0) is 0 Å². The normalized spacial score (nSPS) is 12.1. The summed E-state index contributed by atoms with van der Waals surface area (Å²) in [6, 6.07) is 1.21. The lowest BCUT2D eigenvalue weighted by Gasteiger charge is -2.05. The predicted octanol–water partition coefficient (Wildman–Crippen LogP) is 0.390. The lowest BCUT2D eigenvalue weighted by Crippen LogP contribution is -2.29. The van der Waals surface area contributed by atoms with Crippen molar-refractivity contribution in [3.63, 3.8) is 0 Å². The zero-order valence-electron chi connectivity index (χ0n) is 8.90. The summed E-state index contributed by atoms with van der Waals surface area (Å²) in [6.07, 6.45) is 1.84. The van der Waals surface area contributed by atoms with Crippen molar-refractivity contribution in [1.82, 2.24) is 10.3 Å². The summed E-state index contributed by atoms with van der Waals surface area (Å²) in [5.74, 6) is -0.367. The summed E-state index contributed by atoms with van der Waals surface area (Å²) < 4.78 is 0. The lowest BCUT2D eigenvalue weighted by atomic mass is 10.2. The van der Waals surface area contributed by atoms with Crippen LogP contribution >= 0.6 is 0 Å². The molecule has 7 nitrogen and oxygen atoms in total. The highest BCUT2D eigenvalue weighted by Crippen LogP contribution is 2.11. The highest BCUT2D eigenvalue weighted by molar-refractivity contribution is 5.93. The zero-order chi connectivity index (χ0) is 12.1. The number of aromatic amines is 1. The van der Waals surface area contributed by atoms with E-state index in [9.17, 15) is 14.9 Å². The molecule has 4 N–H and O–H groups in total. The minimum Gasteiger partial charge on any atom is -0.351 e. The van der Waals surface area contributed by atoms with Crippen molar-refractivity contribution >= 4 is 11.6 Å². The third-order valence-corrected chi connectivity index (χ3v) is 2.01. The van der Waals surface area contributed by atoms with Gasteiger partial charge in [0.25, 0.3) is 11.6 Å². The van der Waals surface area contributed by atoms with E-state index in [4.69, 9.17) is 5.73 Å². The van der Waals surface area contributed by atoms with Crippen molar-refractivity contribution in [2.45, 2.75) is 19.4 Å². The molecule has 0 fully saturated rings. The fourth-order valence-corrected chi connectivity index (χ4v) is 1.13. The minimum atomic E-state index is -0.560. The Labute approximate surface area is 92.2 Å². The number of aromatic nitrogens is 1. The molecule has 0 radical (unpaired) electrons. The van der Waals surface area contributed by atoms with E-state index < -0.39 is 4.92 Å². The number of carbonyl (C=O) groups excluding carboxylic acids is 1. The highest BCUT2D eigenvalue weighted by atomic mass is 16.6. The Morgan fingerprint density at radius 3 is 2.94 bits per heavy atom. The maximum absolute atomic E-state index is 11.5. The molecule has 0 aliphatic carbocycles. The molecule has 7 heteroatoms. The number of nitrogens with one attached hydrogen (secondary N) is 2. The first-order valence-corrected chi connectivity index (χ1v) is 4.87. The molecule has 1 unspecified atom stereocenters. The van der Waals surface area contributed by atoms with Gasteiger partial charge in [0.1, 0.15) is 5.69 Å². The molecule has 0 aromatic carbocycles. The number of H-pyrrole nitrogens is 1. The Bertz CT molecular complexity index is 386. The molecule has 1 rings (SSSR count). The Morgan fingerprint density at radius 1 is 1.75 bits per heavy atom. The van der Waals surface area contributed by atoms with Gasteiger partial charge in [0.15, 0.2) is 0 Å². The molecule has 1 aromatic heterocycles. The second-order valence-corrected chi connectivity index (χ2v) is 3.55. The summed E-state index contributed by atoms with van der Waals surface area (Å²) in [7, 11) is 0. The van der Waals surface area contributed by atoms with Gasteiger partial charge < -0.3 is 16.0 Å². The molecule has 0 saturated carbocycles. The topological polar surface area (TPSA) is 114 Å². The van der Waals surface area contributed by atoms with Gasteiger partial charge in [0.05, 0.1) is 11.1 Å². The smallest absolute Gasteiger partial charge is 0.287 e. The summed E-state index contributed by atoms with van der Waals surface area (Å²) in [5.41, 5.74) is 5.56. The zero-order valence-corrected chi connectivity index (χ0v) is 8.90. The molecule has 0 aliphatic heterocycles.